The van der Waals surface area contributed by atoms with Crippen LogP contribution in [0, 0.1) is 17.8 Å². The molecule has 2 aromatic carbocycles. The van der Waals surface area contributed by atoms with Crippen LogP contribution >= 0.6 is 0 Å². The van der Waals surface area contributed by atoms with Crippen LogP contribution in [0.25, 0.3) is 0 Å². The summed E-state index contributed by atoms with van der Waals surface area (Å²) in [5.74, 6) is -0.0966. The minimum Gasteiger partial charge on any atom is -0.381 e. The van der Waals surface area contributed by atoms with Crippen LogP contribution in [0.3, 0.4) is 0 Å². The molecule has 6 rings (SSSR count). The molecule has 40 heavy (non-hydrogen) atoms. The first-order chi connectivity index (χ1) is 19.3. The van der Waals surface area contributed by atoms with Gasteiger partial charge in [-0.05, 0) is 61.6 Å². The minimum atomic E-state index is -4.46. The average molecular weight is 550 g/mol. The number of fused-ring (bicyclic) bond motifs is 3. The average Bonchev–Trinajstić information content (AvgIpc) is 3.42. The number of alkyl halides is 3. The first kappa shape index (κ1) is 26.7. The monoisotopic (exact) mass is 549 g/mol. The van der Waals surface area contributed by atoms with Gasteiger partial charge in [0.25, 0.3) is 5.91 Å². The topological polar surface area (TPSA) is 61.4 Å². The zero-order valence-electron chi connectivity index (χ0n) is 22.2. The molecule has 2 N–H and O–H groups in total. The zero-order valence-corrected chi connectivity index (χ0v) is 22.2. The molecule has 2 amide bonds. The quantitative estimate of drug-likeness (QED) is 0.457. The Hall–Kier alpha value is -3.55. The zero-order chi connectivity index (χ0) is 27.9. The van der Waals surface area contributed by atoms with Gasteiger partial charge in [-0.25, -0.2) is 0 Å². The van der Waals surface area contributed by atoms with Gasteiger partial charge in [-0.2, -0.15) is 13.2 Å². The normalized spacial score (nSPS) is 29.3. The highest BCUT2D eigenvalue weighted by molar-refractivity contribution is 5.95. The Balaban J connectivity index is 1.22. The van der Waals surface area contributed by atoms with Crippen molar-refractivity contribution in [3.63, 3.8) is 0 Å². The highest BCUT2D eigenvalue weighted by Crippen LogP contribution is 2.49. The third-order valence-electron chi connectivity index (χ3n) is 9.14. The molecule has 2 aliphatic carbocycles. The van der Waals surface area contributed by atoms with Gasteiger partial charge in [0.05, 0.1) is 17.5 Å². The predicted molar refractivity (Wildman–Crippen MR) is 147 cm³/mol. The van der Waals surface area contributed by atoms with Gasteiger partial charge in [0, 0.05) is 41.7 Å². The van der Waals surface area contributed by atoms with Crippen molar-refractivity contribution in [3.05, 3.63) is 89.5 Å². The highest BCUT2D eigenvalue weighted by atomic mass is 19.4. The van der Waals surface area contributed by atoms with Gasteiger partial charge in [0.1, 0.15) is 0 Å². The lowest BCUT2D eigenvalue weighted by molar-refractivity contribution is -0.139. The summed E-state index contributed by atoms with van der Waals surface area (Å²) in [6, 6.07) is 12.3. The number of nitrogens with one attached hydrogen (secondary N) is 2. The van der Waals surface area contributed by atoms with Crippen molar-refractivity contribution >= 4 is 17.5 Å². The van der Waals surface area contributed by atoms with Gasteiger partial charge < -0.3 is 15.5 Å². The Morgan fingerprint density at radius 3 is 2.48 bits per heavy atom. The maximum absolute atomic E-state index is 14.2. The van der Waals surface area contributed by atoms with Crippen molar-refractivity contribution in [2.24, 2.45) is 17.8 Å². The van der Waals surface area contributed by atoms with E-state index in [2.05, 4.69) is 47.1 Å². The number of halogens is 3. The fraction of sp³-hybridized carbons (Fsp3) is 0.438. The largest absolute Gasteiger partial charge is 0.416 e. The van der Waals surface area contributed by atoms with Gasteiger partial charge >= 0.3 is 6.18 Å². The van der Waals surface area contributed by atoms with Crippen LogP contribution in [0.15, 0.2) is 72.8 Å². The molecule has 0 bridgehead atoms. The number of carbonyl (C=O) groups excluding carboxylic acids is 2. The van der Waals surface area contributed by atoms with E-state index in [9.17, 15) is 22.8 Å². The Morgan fingerprint density at radius 2 is 1.73 bits per heavy atom. The lowest BCUT2D eigenvalue weighted by atomic mass is 9.75. The molecule has 4 aliphatic rings. The second-order valence-electron chi connectivity index (χ2n) is 11.4. The Bertz CT molecular complexity index is 1320. The number of benzene rings is 2. The first-order valence-electron chi connectivity index (χ1n) is 14.3. The number of anilines is 1. The minimum absolute atomic E-state index is 0.0255. The molecule has 210 valence electrons. The number of allylic oxidation sites excluding steroid dienone is 3. The molecule has 2 heterocycles. The summed E-state index contributed by atoms with van der Waals surface area (Å²) in [5.41, 5.74) is 1.59. The summed E-state index contributed by atoms with van der Waals surface area (Å²) in [4.78, 5) is 29.3. The Kier molecular flexibility index (Phi) is 7.19. The summed E-state index contributed by atoms with van der Waals surface area (Å²) in [5, 5.41) is 6.80. The number of nitrogens with zero attached hydrogens (tertiary/aromatic N) is 1. The lowest BCUT2D eigenvalue weighted by Crippen LogP contribution is -2.51. The predicted octanol–water partition coefficient (Wildman–Crippen LogP) is 6.51. The number of likely N-dealkylation sites (tertiary alicyclic amines) is 1. The highest BCUT2D eigenvalue weighted by Gasteiger charge is 2.49. The van der Waals surface area contributed by atoms with E-state index in [-0.39, 0.29) is 41.4 Å². The third kappa shape index (κ3) is 5.04. The van der Waals surface area contributed by atoms with Gasteiger partial charge in [-0.3, -0.25) is 9.59 Å². The van der Waals surface area contributed by atoms with Crippen molar-refractivity contribution in [1.82, 2.24) is 10.2 Å². The smallest absolute Gasteiger partial charge is 0.381 e. The van der Waals surface area contributed by atoms with E-state index in [0.717, 1.165) is 49.1 Å². The summed E-state index contributed by atoms with van der Waals surface area (Å²) in [6.45, 7) is 0.670. The summed E-state index contributed by atoms with van der Waals surface area (Å²) in [6.07, 6.45) is 9.23. The standard InChI is InChI=1S/C32H34F3N3O2/c33-32(34,35)22-16-14-21(15-17-22)30(39)37-27-13-7-5-11-24(27)31(40)38-19-18-25-28(20-8-2-1-3-9-20)36-26-12-6-4-10-23(26)29(25)38/h1-4,6,8,10,12,14-17,20,24-25,27-29,36H,5,7,9,11,13,18-19H2,(H,37,39)/t20?,24-,25+,27+,28-,29-/m0/s1. The molecule has 8 heteroatoms. The van der Waals surface area contributed by atoms with Crippen LogP contribution in [0.5, 0.6) is 0 Å². The number of carbonyl (C=O) groups is 2. The third-order valence-corrected chi connectivity index (χ3v) is 9.14. The van der Waals surface area contributed by atoms with E-state index in [4.69, 9.17) is 0 Å². The maximum Gasteiger partial charge on any atom is 0.416 e. The molecule has 1 unspecified atom stereocenters. The lowest BCUT2D eigenvalue weighted by Gasteiger charge is -2.44. The first-order valence-corrected chi connectivity index (χ1v) is 14.3. The number of amides is 2. The van der Waals surface area contributed by atoms with Crippen LogP contribution < -0.4 is 10.6 Å². The van der Waals surface area contributed by atoms with Crippen molar-refractivity contribution in [3.8, 4) is 0 Å². The molecule has 2 fully saturated rings. The molecule has 1 saturated carbocycles. The molecule has 2 aliphatic heterocycles. The second kappa shape index (κ2) is 10.8. The molecule has 2 aromatic rings. The van der Waals surface area contributed by atoms with Crippen molar-refractivity contribution in [1.29, 1.82) is 0 Å². The number of hydrogen-bond donors (Lipinski definition) is 2. The molecule has 0 spiro atoms. The molecular formula is C32H34F3N3O2. The van der Waals surface area contributed by atoms with Crippen molar-refractivity contribution in [2.45, 2.75) is 62.8 Å². The Labute approximate surface area is 232 Å². The number of rotatable bonds is 4. The SMILES string of the molecule is O=C(N[C@@H]1CCCC[C@@H]1C(=O)N1CC[C@@H]2[C@H](C3C=CC=CC3)Nc3ccccc3[C@@H]21)c1ccc(C(F)(F)F)cc1. The number of para-hydroxylation sites is 1. The van der Waals surface area contributed by atoms with E-state index >= 15 is 0 Å². The van der Waals surface area contributed by atoms with E-state index in [0.29, 0.717) is 25.3 Å². The van der Waals surface area contributed by atoms with Crippen molar-refractivity contribution < 1.29 is 22.8 Å². The van der Waals surface area contributed by atoms with E-state index in [1.54, 1.807) is 0 Å². The van der Waals surface area contributed by atoms with E-state index in [1.807, 2.05) is 17.0 Å². The van der Waals surface area contributed by atoms with Gasteiger partial charge in [0.2, 0.25) is 5.91 Å². The molecular weight excluding hydrogens is 515 g/mol. The van der Waals surface area contributed by atoms with E-state index < -0.39 is 17.6 Å². The van der Waals surface area contributed by atoms with Crippen molar-refractivity contribution in [2.75, 3.05) is 11.9 Å². The van der Waals surface area contributed by atoms with Crippen LogP contribution in [-0.2, 0) is 11.0 Å². The van der Waals surface area contributed by atoms with Gasteiger partial charge in [-0.15, -0.1) is 0 Å². The fourth-order valence-electron chi connectivity index (χ4n) is 7.18. The summed E-state index contributed by atoms with van der Waals surface area (Å²) >= 11 is 0. The second-order valence-corrected chi connectivity index (χ2v) is 11.4. The van der Waals surface area contributed by atoms with Gasteiger partial charge in [-0.1, -0.05) is 55.3 Å². The Morgan fingerprint density at radius 1 is 0.950 bits per heavy atom. The van der Waals surface area contributed by atoms with Gasteiger partial charge in [0.15, 0.2) is 0 Å². The molecule has 0 aromatic heterocycles. The molecule has 6 atom stereocenters. The molecule has 5 nitrogen and oxygen atoms in total. The molecule has 0 radical (unpaired) electrons. The van der Waals surface area contributed by atoms with Crippen LogP contribution in [0.4, 0.5) is 18.9 Å². The van der Waals surface area contributed by atoms with E-state index in [1.165, 1.54) is 12.1 Å². The number of hydrogen-bond acceptors (Lipinski definition) is 3. The maximum atomic E-state index is 14.2. The summed E-state index contributed by atoms with van der Waals surface area (Å²) in [7, 11) is 0. The summed E-state index contributed by atoms with van der Waals surface area (Å²) < 4.78 is 38.9. The fourth-order valence-corrected chi connectivity index (χ4v) is 7.18. The van der Waals surface area contributed by atoms with Crippen LogP contribution in [0.2, 0.25) is 0 Å². The van der Waals surface area contributed by atoms with Crippen LogP contribution in [-0.4, -0.2) is 35.3 Å². The van der Waals surface area contributed by atoms with Crippen LogP contribution in [0.1, 0.15) is 66.1 Å². The molecule has 1 saturated heterocycles.